The fourth-order valence-corrected chi connectivity index (χ4v) is 2.88. The lowest BCUT2D eigenvalue weighted by molar-refractivity contribution is 0.162. The molecule has 0 aliphatic rings. The molecule has 0 fully saturated rings. The van der Waals surface area contributed by atoms with Crippen molar-refractivity contribution in [1.29, 1.82) is 0 Å². The largest absolute Gasteiger partial charge is 0.392 e. The highest BCUT2D eigenvalue weighted by Gasteiger charge is 2.04. The number of nitrogens with one attached hydrogen (secondary N) is 1. The SMILES string of the molecule is Cc1ccc(CCCNCC(O)CCc2ccccc2)c(C)c1. The van der Waals surface area contributed by atoms with E-state index in [2.05, 4.69) is 49.5 Å². The second kappa shape index (κ2) is 9.49. The molecule has 2 heteroatoms. The van der Waals surface area contributed by atoms with E-state index >= 15 is 0 Å². The van der Waals surface area contributed by atoms with Crippen LogP contribution in [0.25, 0.3) is 0 Å². The quantitative estimate of drug-likeness (QED) is 0.690. The lowest BCUT2D eigenvalue weighted by Crippen LogP contribution is -2.28. The van der Waals surface area contributed by atoms with Gasteiger partial charge < -0.3 is 10.4 Å². The van der Waals surface area contributed by atoms with Crippen LogP contribution in [-0.4, -0.2) is 24.3 Å². The van der Waals surface area contributed by atoms with E-state index < -0.39 is 0 Å². The lowest BCUT2D eigenvalue weighted by atomic mass is 10.0. The molecule has 124 valence electrons. The molecule has 0 saturated heterocycles. The average Bonchev–Trinajstić information content (AvgIpc) is 2.55. The van der Waals surface area contributed by atoms with E-state index in [4.69, 9.17) is 0 Å². The summed E-state index contributed by atoms with van der Waals surface area (Å²) in [6, 6.07) is 17.0. The minimum atomic E-state index is -0.267. The smallest absolute Gasteiger partial charge is 0.0667 e. The highest BCUT2D eigenvalue weighted by Crippen LogP contribution is 2.12. The number of aliphatic hydroxyl groups excluding tert-OH is 1. The maximum atomic E-state index is 10.0. The summed E-state index contributed by atoms with van der Waals surface area (Å²) in [4.78, 5) is 0. The minimum absolute atomic E-state index is 0.267. The average molecular weight is 311 g/mol. The third-order valence-electron chi connectivity index (χ3n) is 4.29. The number of hydrogen-bond donors (Lipinski definition) is 2. The van der Waals surface area contributed by atoms with E-state index in [1.54, 1.807) is 0 Å². The van der Waals surface area contributed by atoms with Gasteiger partial charge in [-0.2, -0.15) is 0 Å². The van der Waals surface area contributed by atoms with Crippen molar-refractivity contribution in [3.8, 4) is 0 Å². The van der Waals surface area contributed by atoms with Crippen molar-refractivity contribution in [1.82, 2.24) is 5.32 Å². The maximum Gasteiger partial charge on any atom is 0.0667 e. The number of rotatable bonds is 9. The Morgan fingerprint density at radius 2 is 1.78 bits per heavy atom. The van der Waals surface area contributed by atoms with E-state index in [1.165, 1.54) is 22.3 Å². The summed E-state index contributed by atoms with van der Waals surface area (Å²) in [6.45, 7) is 5.95. The van der Waals surface area contributed by atoms with E-state index in [-0.39, 0.29) is 6.10 Å². The van der Waals surface area contributed by atoms with E-state index in [9.17, 15) is 5.11 Å². The number of aliphatic hydroxyl groups is 1. The molecule has 0 heterocycles. The molecule has 0 radical (unpaired) electrons. The van der Waals surface area contributed by atoms with Gasteiger partial charge in [0.15, 0.2) is 0 Å². The van der Waals surface area contributed by atoms with Gasteiger partial charge in [0, 0.05) is 6.54 Å². The van der Waals surface area contributed by atoms with Gasteiger partial charge in [0.2, 0.25) is 0 Å². The topological polar surface area (TPSA) is 32.3 Å². The van der Waals surface area contributed by atoms with Crippen LogP contribution in [0, 0.1) is 13.8 Å². The molecule has 0 amide bonds. The summed E-state index contributed by atoms with van der Waals surface area (Å²) in [6.07, 6.45) is 3.69. The summed E-state index contributed by atoms with van der Waals surface area (Å²) in [5, 5.41) is 13.4. The van der Waals surface area contributed by atoms with Gasteiger partial charge in [-0.3, -0.25) is 0 Å². The molecule has 2 nitrogen and oxygen atoms in total. The number of benzene rings is 2. The van der Waals surface area contributed by atoms with E-state index in [0.29, 0.717) is 6.54 Å². The molecule has 23 heavy (non-hydrogen) atoms. The van der Waals surface area contributed by atoms with Crippen molar-refractivity contribution >= 4 is 0 Å². The summed E-state index contributed by atoms with van der Waals surface area (Å²) < 4.78 is 0. The second-order valence-corrected chi connectivity index (χ2v) is 6.42. The zero-order valence-electron chi connectivity index (χ0n) is 14.4. The van der Waals surface area contributed by atoms with Crippen molar-refractivity contribution in [2.45, 2.75) is 45.6 Å². The first-order valence-corrected chi connectivity index (χ1v) is 8.64. The Labute approximate surface area is 140 Å². The molecule has 1 unspecified atom stereocenters. The van der Waals surface area contributed by atoms with E-state index in [1.807, 2.05) is 18.2 Å². The Morgan fingerprint density at radius 3 is 2.52 bits per heavy atom. The molecule has 0 aromatic heterocycles. The normalized spacial score (nSPS) is 12.3. The molecule has 0 aliphatic heterocycles. The highest BCUT2D eigenvalue weighted by molar-refractivity contribution is 5.30. The lowest BCUT2D eigenvalue weighted by Gasteiger charge is -2.12. The Morgan fingerprint density at radius 1 is 1.00 bits per heavy atom. The molecule has 1 atom stereocenters. The second-order valence-electron chi connectivity index (χ2n) is 6.42. The van der Waals surface area contributed by atoms with Crippen molar-refractivity contribution in [3.05, 3.63) is 70.8 Å². The zero-order chi connectivity index (χ0) is 16.5. The fraction of sp³-hybridized carbons (Fsp3) is 0.429. The van der Waals surface area contributed by atoms with Crippen molar-refractivity contribution in [2.24, 2.45) is 0 Å². The van der Waals surface area contributed by atoms with Gasteiger partial charge in [-0.05, 0) is 62.8 Å². The Kier molecular flexibility index (Phi) is 7.31. The molecule has 0 bridgehead atoms. The number of aryl methyl sites for hydroxylation is 4. The standard InChI is InChI=1S/C21H29NO/c1-17-10-12-20(18(2)15-17)9-6-14-22-16-21(23)13-11-19-7-4-3-5-8-19/h3-5,7-8,10,12,15,21-23H,6,9,11,13-14,16H2,1-2H3. The van der Waals surface area contributed by atoms with Gasteiger partial charge in [-0.25, -0.2) is 0 Å². The Hall–Kier alpha value is -1.64. The van der Waals surface area contributed by atoms with E-state index in [0.717, 1.165) is 32.2 Å². The van der Waals surface area contributed by atoms with Gasteiger partial charge >= 0.3 is 0 Å². The molecule has 2 N–H and O–H groups in total. The number of hydrogen-bond acceptors (Lipinski definition) is 2. The first-order valence-electron chi connectivity index (χ1n) is 8.64. The third kappa shape index (κ3) is 6.55. The van der Waals surface area contributed by atoms with Crippen molar-refractivity contribution < 1.29 is 5.11 Å². The maximum absolute atomic E-state index is 10.0. The molecule has 2 aromatic carbocycles. The minimum Gasteiger partial charge on any atom is -0.392 e. The van der Waals surface area contributed by atoms with Crippen LogP contribution < -0.4 is 5.32 Å². The molecule has 2 aromatic rings. The monoisotopic (exact) mass is 311 g/mol. The first-order chi connectivity index (χ1) is 11.1. The van der Waals surface area contributed by atoms with Crippen molar-refractivity contribution in [2.75, 3.05) is 13.1 Å². The molecule has 0 spiro atoms. The summed E-state index contributed by atoms with van der Waals surface area (Å²) in [5.41, 5.74) is 5.43. The summed E-state index contributed by atoms with van der Waals surface area (Å²) >= 11 is 0. The Balaban J connectivity index is 1.58. The van der Waals surface area contributed by atoms with Crippen LogP contribution >= 0.6 is 0 Å². The van der Waals surface area contributed by atoms with Gasteiger partial charge in [-0.1, -0.05) is 54.1 Å². The van der Waals surface area contributed by atoms with Gasteiger partial charge in [0.1, 0.15) is 0 Å². The summed E-state index contributed by atoms with van der Waals surface area (Å²) in [5.74, 6) is 0. The molecule has 0 saturated carbocycles. The van der Waals surface area contributed by atoms with Gasteiger partial charge in [0.25, 0.3) is 0 Å². The van der Waals surface area contributed by atoms with Gasteiger partial charge in [-0.15, -0.1) is 0 Å². The third-order valence-corrected chi connectivity index (χ3v) is 4.29. The fourth-order valence-electron chi connectivity index (χ4n) is 2.88. The first kappa shape index (κ1) is 17.7. The predicted molar refractivity (Wildman–Crippen MR) is 97.9 cm³/mol. The van der Waals surface area contributed by atoms with Crippen LogP contribution in [-0.2, 0) is 12.8 Å². The zero-order valence-corrected chi connectivity index (χ0v) is 14.4. The van der Waals surface area contributed by atoms with Crippen LogP contribution in [0.1, 0.15) is 35.1 Å². The van der Waals surface area contributed by atoms with Gasteiger partial charge in [0.05, 0.1) is 6.10 Å². The molecule has 0 aliphatic carbocycles. The molecule has 2 rings (SSSR count). The highest BCUT2D eigenvalue weighted by atomic mass is 16.3. The van der Waals surface area contributed by atoms with Crippen LogP contribution in [0.5, 0.6) is 0 Å². The molecular weight excluding hydrogens is 282 g/mol. The van der Waals surface area contributed by atoms with Crippen LogP contribution in [0.2, 0.25) is 0 Å². The van der Waals surface area contributed by atoms with Crippen molar-refractivity contribution in [3.63, 3.8) is 0 Å². The summed E-state index contributed by atoms with van der Waals surface area (Å²) in [7, 11) is 0. The van der Waals surface area contributed by atoms with Crippen LogP contribution in [0.4, 0.5) is 0 Å². The molecular formula is C21H29NO. The Bertz CT molecular complexity index is 580. The van der Waals surface area contributed by atoms with Crippen LogP contribution in [0.3, 0.4) is 0 Å². The van der Waals surface area contributed by atoms with Crippen LogP contribution in [0.15, 0.2) is 48.5 Å². The predicted octanol–water partition coefficient (Wildman–Crippen LogP) is 3.82.